The van der Waals surface area contributed by atoms with E-state index in [1.54, 1.807) is 0 Å². The number of nitrogens with zero attached hydrogens (tertiary/aromatic N) is 1. The van der Waals surface area contributed by atoms with Crippen LogP contribution in [0.25, 0.3) is 11.1 Å². The number of methoxy groups -OCH3 is 2. The van der Waals surface area contributed by atoms with Crippen molar-refractivity contribution >= 4 is 29.4 Å². The molecule has 0 spiro atoms. The Hall–Kier alpha value is -2.47. The maximum absolute atomic E-state index is 12.9. The highest BCUT2D eigenvalue weighted by Gasteiger charge is 2.32. The minimum absolute atomic E-state index is 0.248. The van der Waals surface area contributed by atoms with E-state index in [1.165, 1.54) is 26.0 Å². The second-order valence-corrected chi connectivity index (χ2v) is 6.97. The van der Waals surface area contributed by atoms with E-state index in [0.29, 0.717) is 5.56 Å². The van der Waals surface area contributed by atoms with Gasteiger partial charge in [0.1, 0.15) is 0 Å². The minimum Gasteiger partial charge on any atom is -0.465 e. The van der Waals surface area contributed by atoms with E-state index in [-0.39, 0.29) is 11.1 Å². The molecule has 0 saturated heterocycles. The quantitative estimate of drug-likeness (QED) is 0.490. The van der Waals surface area contributed by atoms with Crippen LogP contribution >= 0.6 is 11.8 Å². The van der Waals surface area contributed by atoms with Gasteiger partial charge in [-0.3, -0.25) is 0 Å². The first kappa shape index (κ1) is 21.8. The first-order valence-electron chi connectivity index (χ1n) is 9.18. The SMILES string of the molecule is CCN(CC)c1c(C)c(SC)c(C(=O)OC)c(C(=O)OC)c1-c1ccccc1. The fourth-order valence-electron chi connectivity index (χ4n) is 3.52. The topological polar surface area (TPSA) is 55.8 Å². The fraction of sp³-hybridized carbons (Fsp3) is 0.364. The van der Waals surface area contributed by atoms with Gasteiger partial charge in [-0.25, -0.2) is 9.59 Å². The Labute approximate surface area is 171 Å². The molecule has 0 bridgehead atoms. The summed E-state index contributed by atoms with van der Waals surface area (Å²) < 4.78 is 10.1. The highest BCUT2D eigenvalue weighted by atomic mass is 32.2. The molecule has 28 heavy (non-hydrogen) atoms. The zero-order valence-corrected chi connectivity index (χ0v) is 18.1. The molecular formula is C22H27NO4S. The first-order valence-corrected chi connectivity index (χ1v) is 10.4. The molecule has 2 aromatic carbocycles. The van der Waals surface area contributed by atoms with Gasteiger partial charge in [0.15, 0.2) is 0 Å². The summed E-state index contributed by atoms with van der Waals surface area (Å²) in [5.74, 6) is -1.10. The van der Waals surface area contributed by atoms with Crippen LogP contribution in [0.4, 0.5) is 5.69 Å². The molecular weight excluding hydrogens is 374 g/mol. The lowest BCUT2D eigenvalue weighted by Crippen LogP contribution is -2.26. The van der Waals surface area contributed by atoms with Crippen molar-refractivity contribution in [2.45, 2.75) is 25.7 Å². The van der Waals surface area contributed by atoms with Crippen LogP contribution in [0.5, 0.6) is 0 Å². The van der Waals surface area contributed by atoms with Crippen molar-refractivity contribution in [2.75, 3.05) is 38.5 Å². The van der Waals surface area contributed by atoms with Crippen LogP contribution in [-0.4, -0.2) is 45.5 Å². The molecule has 6 heteroatoms. The average molecular weight is 402 g/mol. The van der Waals surface area contributed by atoms with Gasteiger partial charge in [-0.1, -0.05) is 30.3 Å². The van der Waals surface area contributed by atoms with Gasteiger partial charge >= 0.3 is 11.9 Å². The molecule has 0 unspecified atom stereocenters. The second kappa shape index (κ2) is 9.64. The van der Waals surface area contributed by atoms with Crippen molar-refractivity contribution in [1.29, 1.82) is 0 Å². The number of carbonyl (C=O) groups excluding carboxylic acids is 2. The molecule has 0 aliphatic carbocycles. The van der Waals surface area contributed by atoms with Crippen molar-refractivity contribution in [3.05, 3.63) is 47.0 Å². The summed E-state index contributed by atoms with van der Waals surface area (Å²) in [5.41, 5.74) is 3.95. The lowest BCUT2D eigenvalue weighted by atomic mass is 9.89. The summed E-state index contributed by atoms with van der Waals surface area (Å²) in [6.07, 6.45) is 1.89. The number of esters is 2. The van der Waals surface area contributed by atoms with Gasteiger partial charge in [0, 0.05) is 29.2 Å². The molecule has 0 aliphatic rings. The van der Waals surface area contributed by atoms with E-state index < -0.39 is 11.9 Å². The van der Waals surface area contributed by atoms with Crippen molar-refractivity contribution in [3.63, 3.8) is 0 Å². The molecule has 2 rings (SSSR count). The van der Waals surface area contributed by atoms with E-state index >= 15 is 0 Å². The summed E-state index contributed by atoms with van der Waals surface area (Å²) in [6, 6.07) is 9.63. The third-order valence-electron chi connectivity index (χ3n) is 4.78. The summed E-state index contributed by atoms with van der Waals surface area (Å²) in [4.78, 5) is 28.6. The van der Waals surface area contributed by atoms with E-state index in [2.05, 4.69) is 18.7 Å². The molecule has 0 amide bonds. The number of ether oxygens (including phenoxy) is 2. The first-order chi connectivity index (χ1) is 13.5. The highest BCUT2D eigenvalue weighted by Crippen LogP contribution is 2.44. The van der Waals surface area contributed by atoms with Crippen molar-refractivity contribution in [1.82, 2.24) is 0 Å². The molecule has 0 saturated carbocycles. The van der Waals surface area contributed by atoms with E-state index in [1.807, 2.05) is 43.5 Å². The molecule has 150 valence electrons. The van der Waals surface area contributed by atoms with E-state index in [0.717, 1.165) is 34.8 Å². The second-order valence-electron chi connectivity index (χ2n) is 6.15. The summed E-state index contributed by atoms with van der Waals surface area (Å²) in [7, 11) is 2.65. The van der Waals surface area contributed by atoms with Crippen LogP contribution in [0.15, 0.2) is 35.2 Å². The molecule has 2 aromatic rings. The predicted molar refractivity (Wildman–Crippen MR) is 115 cm³/mol. The molecule has 0 heterocycles. The lowest BCUT2D eigenvalue weighted by Gasteiger charge is -2.30. The number of rotatable bonds is 7. The third kappa shape index (κ3) is 3.87. The van der Waals surface area contributed by atoms with Gasteiger partial charge in [0.05, 0.1) is 25.3 Å². The van der Waals surface area contributed by atoms with Crippen LogP contribution < -0.4 is 4.90 Å². The zero-order chi connectivity index (χ0) is 20.8. The Morgan fingerprint density at radius 2 is 1.50 bits per heavy atom. The molecule has 0 fully saturated rings. The normalized spacial score (nSPS) is 10.5. The largest absolute Gasteiger partial charge is 0.465 e. The Balaban J connectivity index is 3.13. The number of hydrogen-bond acceptors (Lipinski definition) is 6. The highest BCUT2D eigenvalue weighted by molar-refractivity contribution is 7.98. The molecule has 5 nitrogen and oxygen atoms in total. The minimum atomic E-state index is -0.553. The monoisotopic (exact) mass is 401 g/mol. The molecule has 0 aliphatic heterocycles. The van der Waals surface area contributed by atoms with Gasteiger partial charge in [-0.15, -0.1) is 11.8 Å². The van der Waals surface area contributed by atoms with Gasteiger partial charge in [-0.2, -0.15) is 0 Å². The zero-order valence-electron chi connectivity index (χ0n) is 17.3. The summed E-state index contributed by atoms with van der Waals surface area (Å²) >= 11 is 1.43. The third-order valence-corrected chi connectivity index (χ3v) is 5.70. The summed E-state index contributed by atoms with van der Waals surface area (Å²) in [5, 5.41) is 0. The van der Waals surface area contributed by atoms with Crippen molar-refractivity contribution in [3.8, 4) is 11.1 Å². The van der Waals surface area contributed by atoms with Crippen molar-refractivity contribution in [2.24, 2.45) is 0 Å². The Morgan fingerprint density at radius 3 is 1.96 bits per heavy atom. The van der Waals surface area contributed by atoms with E-state index in [4.69, 9.17) is 9.47 Å². The van der Waals surface area contributed by atoms with Crippen LogP contribution in [0, 0.1) is 6.92 Å². The maximum Gasteiger partial charge on any atom is 0.339 e. The van der Waals surface area contributed by atoms with Crippen LogP contribution in [-0.2, 0) is 9.47 Å². The number of hydrogen-bond donors (Lipinski definition) is 0. The van der Waals surface area contributed by atoms with Gasteiger partial charge in [0.2, 0.25) is 0 Å². The molecule has 0 atom stereocenters. The smallest absolute Gasteiger partial charge is 0.339 e. The van der Waals surface area contributed by atoms with Crippen LogP contribution in [0.1, 0.15) is 40.1 Å². The Morgan fingerprint density at radius 1 is 0.964 bits per heavy atom. The van der Waals surface area contributed by atoms with Gasteiger partial charge in [0.25, 0.3) is 0 Å². The standard InChI is InChI=1S/C22H27NO4S/c1-7-23(8-2)19-14(3)20(28-6)18(22(25)27-5)17(21(24)26-4)16(19)15-12-10-9-11-13-15/h9-13H,7-8H2,1-6H3. The van der Waals surface area contributed by atoms with Gasteiger partial charge in [-0.05, 0) is 38.2 Å². The number of benzene rings is 2. The van der Waals surface area contributed by atoms with Crippen LogP contribution in [0.3, 0.4) is 0 Å². The summed E-state index contributed by atoms with van der Waals surface area (Å²) in [6.45, 7) is 7.66. The van der Waals surface area contributed by atoms with Gasteiger partial charge < -0.3 is 14.4 Å². The molecule has 0 N–H and O–H groups in total. The van der Waals surface area contributed by atoms with Crippen LogP contribution in [0.2, 0.25) is 0 Å². The van der Waals surface area contributed by atoms with E-state index in [9.17, 15) is 9.59 Å². The average Bonchev–Trinajstić information content (AvgIpc) is 2.74. The van der Waals surface area contributed by atoms with Crippen molar-refractivity contribution < 1.29 is 19.1 Å². The predicted octanol–water partition coefficient (Wildman–Crippen LogP) is 4.80. The lowest BCUT2D eigenvalue weighted by molar-refractivity contribution is 0.0552. The fourth-order valence-corrected chi connectivity index (χ4v) is 4.31. The molecule has 0 radical (unpaired) electrons. The molecule has 0 aromatic heterocycles. The Bertz CT molecular complexity index is 861. The maximum atomic E-state index is 12.9. The number of carbonyl (C=O) groups is 2. The number of thioether (sulfide) groups is 1. The Kier molecular flexibility index (Phi) is 7.52. The number of anilines is 1.